The van der Waals surface area contributed by atoms with Gasteiger partial charge in [0, 0.05) is 37.6 Å². The first-order valence-corrected chi connectivity index (χ1v) is 9.15. The summed E-state index contributed by atoms with van der Waals surface area (Å²) in [4.78, 5) is 14.8. The molecule has 0 aliphatic rings. The number of pyridine rings is 1. The van der Waals surface area contributed by atoms with E-state index in [1.54, 1.807) is 14.2 Å². The largest absolute Gasteiger partial charge is 0.512 e. The van der Waals surface area contributed by atoms with E-state index in [4.69, 9.17) is 19.6 Å². The van der Waals surface area contributed by atoms with Gasteiger partial charge in [-0.25, -0.2) is 0 Å². The van der Waals surface area contributed by atoms with Gasteiger partial charge in [-0.3, -0.25) is 9.78 Å². The van der Waals surface area contributed by atoms with Crippen molar-refractivity contribution in [2.24, 2.45) is 0 Å². The number of ketones is 1. The fourth-order valence-corrected chi connectivity index (χ4v) is 2.91. The van der Waals surface area contributed by atoms with Crippen molar-refractivity contribution in [1.29, 1.82) is 0 Å². The molecule has 0 aliphatic heterocycles. The van der Waals surface area contributed by atoms with Crippen LogP contribution in [-0.2, 0) is 24.9 Å². The Balaban J connectivity index is 0.000000489. The van der Waals surface area contributed by atoms with Gasteiger partial charge in [0.1, 0.15) is 0 Å². The molecule has 0 aliphatic carbocycles. The van der Waals surface area contributed by atoms with Crippen LogP contribution in [0.15, 0.2) is 48.2 Å². The summed E-state index contributed by atoms with van der Waals surface area (Å²) in [5, 5.41) is 9.38. The second-order valence-corrected chi connectivity index (χ2v) is 6.73. The first kappa shape index (κ1) is 25.3. The second-order valence-electron chi connectivity index (χ2n) is 6.73. The molecule has 1 radical (unpaired) electrons. The van der Waals surface area contributed by atoms with Gasteiger partial charge in [0.05, 0.1) is 25.5 Å². The summed E-state index contributed by atoms with van der Waals surface area (Å²) in [6.45, 7) is 7.00. The third kappa shape index (κ3) is 6.68. The smallest absolute Gasteiger partial charge is 0.162 e. The van der Waals surface area contributed by atoms with Crippen LogP contribution in [-0.4, -0.2) is 30.1 Å². The molecule has 6 heteroatoms. The molecule has 0 unspecified atom stereocenters. The molecule has 0 atom stereocenters. The number of carbonyl (C=O) groups is 1. The van der Waals surface area contributed by atoms with Crippen molar-refractivity contribution in [2.75, 3.05) is 14.2 Å². The van der Waals surface area contributed by atoms with Gasteiger partial charge in [-0.15, -0.1) is 34.9 Å². The summed E-state index contributed by atoms with van der Waals surface area (Å²) in [7, 11) is 3.27. The molecule has 2 aromatic carbocycles. The van der Waals surface area contributed by atoms with Crippen molar-refractivity contribution in [3.05, 3.63) is 65.4 Å². The standard InChI is InChI=1S/C19H18NO2.C5H8O2.Ir/c1-12-5-7-15(13(2)9-12)16-8-6-14-10-18(21-3)19(22-4)11-17(14)20-16;1-4(6)3-5(2)7;/h5-6,8-11H,1-4H3;3,6H,1-2H3;/q-1;;/b;4-3-;. The fourth-order valence-electron chi connectivity index (χ4n) is 2.91. The van der Waals surface area contributed by atoms with Crippen LogP contribution in [0.2, 0.25) is 0 Å². The van der Waals surface area contributed by atoms with Gasteiger partial charge in [-0.05, 0) is 25.6 Å². The zero-order valence-electron chi connectivity index (χ0n) is 18.0. The van der Waals surface area contributed by atoms with E-state index in [0.717, 1.165) is 22.2 Å². The van der Waals surface area contributed by atoms with Crippen LogP contribution < -0.4 is 9.47 Å². The Kier molecular flexibility index (Phi) is 9.70. The molecular weight excluding hydrogens is 558 g/mol. The topological polar surface area (TPSA) is 68.7 Å². The van der Waals surface area contributed by atoms with Gasteiger partial charge >= 0.3 is 0 Å². The number of nitrogens with zero attached hydrogens (tertiary/aromatic N) is 1. The molecule has 0 saturated heterocycles. The Labute approximate surface area is 191 Å². The molecule has 1 N–H and O–H groups in total. The minimum Gasteiger partial charge on any atom is -0.512 e. The van der Waals surface area contributed by atoms with Crippen molar-refractivity contribution >= 4 is 16.7 Å². The number of rotatable bonds is 4. The third-order valence-electron chi connectivity index (χ3n) is 4.15. The molecular formula is C24H26IrNO4-. The van der Waals surface area contributed by atoms with Crippen LogP contribution in [0, 0.1) is 19.9 Å². The number of methoxy groups -OCH3 is 2. The van der Waals surface area contributed by atoms with Crippen LogP contribution in [0.4, 0.5) is 0 Å². The molecule has 0 bridgehead atoms. The van der Waals surface area contributed by atoms with E-state index in [1.165, 1.54) is 31.1 Å². The zero-order valence-corrected chi connectivity index (χ0v) is 20.4. The van der Waals surface area contributed by atoms with E-state index in [-0.39, 0.29) is 31.6 Å². The predicted octanol–water partition coefficient (Wildman–Crippen LogP) is 5.37. The van der Waals surface area contributed by atoms with Gasteiger partial charge in [0.25, 0.3) is 0 Å². The van der Waals surface area contributed by atoms with Crippen molar-refractivity contribution < 1.29 is 39.5 Å². The Morgan fingerprint density at radius 3 is 2.20 bits per heavy atom. The van der Waals surface area contributed by atoms with E-state index < -0.39 is 0 Å². The van der Waals surface area contributed by atoms with Crippen LogP contribution in [0.5, 0.6) is 11.5 Å². The number of carbonyl (C=O) groups excluding carboxylic acids is 1. The zero-order chi connectivity index (χ0) is 21.6. The van der Waals surface area contributed by atoms with Gasteiger partial charge in [0.15, 0.2) is 17.3 Å². The van der Waals surface area contributed by atoms with Crippen LogP contribution in [0.3, 0.4) is 0 Å². The van der Waals surface area contributed by atoms with E-state index in [9.17, 15) is 4.79 Å². The van der Waals surface area contributed by atoms with E-state index in [0.29, 0.717) is 11.5 Å². The average Bonchev–Trinajstić information content (AvgIpc) is 2.66. The van der Waals surface area contributed by atoms with Crippen molar-refractivity contribution in [2.45, 2.75) is 27.7 Å². The maximum absolute atomic E-state index is 10.0. The fraction of sp³-hybridized carbons (Fsp3) is 0.250. The number of fused-ring (bicyclic) bond motifs is 1. The Morgan fingerprint density at radius 2 is 1.70 bits per heavy atom. The monoisotopic (exact) mass is 585 g/mol. The third-order valence-corrected chi connectivity index (χ3v) is 4.15. The molecule has 0 amide bonds. The number of aliphatic hydroxyl groups excluding tert-OH is 1. The summed E-state index contributed by atoms with van der Waals surface area (Å²) in [6.07, 6.45) is 1.17. The molecule has 3 aromatic rings. The van der Waals surface area contributed by atoms with Gasteiger partial charge in [-0.2, -0.15) is 0 Å². The molecule has 161 valence electrons. The van der Waals surface area contributed by atoms with Crippen LogP contribution in [0.1, 0.15) is 25.0 Å². The quantitative estimate of drug-likeness (QED) is 0.254. The molecule has 0 fully saturated rings. The Hall–Kier alpha value is -2.69. The summed E-state index contributed by atoms with van der Waals surface area (Å²) >= 11 is 0. The van der Waals surface area contributed by atoms with E-state index >= 15 is 0 Å². The number of benzene rings is 2. The maximum atomic E-state index is 10.0. The molecule has 30 heavy (non-hydrogen) atoms. The summed E-state index contributed by atoms with van der Waals surface area (Å²) < 4.78 is 10.7. The van der Waals surface area contributed by atoms with Gasteiger partial charge in [0.2, 0.25) is 0 Å². The molecule has 0 saturated carbocycles. The number of aromatic nitrogens is 1. The van der Waals surface area contributed by atoms with Crippen molar-refractivity contribution in [1.82, 2.24) is 4.98 Å². The van der Waals surface area contributed by atoms with Gasteiger partial charge < -0.3 is 14.6 Å². The van der Waals surface area contributed by atoms with E-state index in [1.807, 2.05) is 30.3 Å². The first-order chi connectivity index (χ1) is 13.7. The predicted molar refractivity (Wildman–Crippen MR) is 116 cm³/mol. The van der Waals surface area contributed by atoms with E-state index in [2.05, 4.69) is 26.0 Å². The van der Waals surface area contributed by atoms with Crippen LogP contribution >= 0.6 is 0 Å². The summed E-state index contributed by atoms with van der Waals surface area (Å²) in [6, 6.07) is 15.4. The van der Waals surface area contributed by atoms with Crippen molar-refractivity contribution in [3.63, 3.8) is 0 Å². The molecule has 1 aromatic heterocycles. The molecule has 0 spiro atoms. The number of hydrogen-bond acceptors (Lipinski definition) is 5. The maximum Gasteiger partial charge on any atom is 0.162 e. The van der Waals surface area contributed by atoms with Crippen LogP contribution in [0.25, 0.3) is 22.2 Å². The van der Waals surface area contributed by atoms with Crippen molar-refractivity contribution in [3.8, 4) is 22.8 Å². The second kappa shape index (κ2) is 11.5. The molecule has 1 heterocycles. The number of ether oxygens (including phenoxy) is 2. The minimum absolute atomic E-state index is 0. The summed E-state index contributed by atoms with van der Waals surface area (Å²) in [5.41, 5.74) is 5.20. The number of aliphatic hydroxyl groups is 1. The average molecular weight is 585 g/mol. The number of hydrogen-bond donors (Lipinski definition) is 1. The molecule has 3 rings (SSSR count). The summed E-state index contributed by atoms with van der Waals surface area (Å²) in [5.74, 6) is 1.33. The SMILES string of the molecule is CC(=O)/C=C(/C)O.COc1cc2ccc(-c3[c-]cc(C)cc3C)nc2cc1OC.[Ir]. The number of allylic oxidation sites excluding steroid dienone is 2. The number of aryl methyl sites for hydroxylation is 2. The normalized spacial score (nSPS) is 10.5. The molecule has 5 nitrogen and oxygen atoms in total. The minimum atomic E-state index is -0.125. The Bertz CT molecular complexity index is 1060. The Morgan fingerprint density at radius 1 is 1.07 bits per heavy atom. The van der Waals surface area contributed by atoms with Gasteiger partial charge in [-0.1, -0.05) is 26.0 Å². The first-order valence-electron chi connectivity index (χ1n) is 9.15.